The number of nitrogens with zero attached hydrogens (tertiary/aromatic N) is 3. The normalized spacial score (nSPS) is 10.3. The quantitative estimate of drug-likeness (QED) is 0.712. The summed E-state index contributed by atoms with van der Waals surface area (Å²) in [6, 6.07) is 10.4. The van der Waals surface area contributed by atoms with Crippen molar-refractivity contribution < 1.29 is 19.4 Å². The van der Waals surface area contributed by atoms with Crippen LogP contribution in [0.5, 0.6) is 17.2 Å². The Morgan fingerprint density at radius 1 is 1.26 bits per heavy atom. The Balaban J connectivity index is 1.92. The average molecular weight is 364 g/mol. The zero-order chi connectivity index (χ0) is 19.4. The summed E-state index contributed by atoms with van der Waals surface area (Å²) in [7, 11) is 3.03. The van der Waals surface area contributed by atoms with E-state index in [2.05, 4.69) is 15.3 Å². The number of ether oxygens (including phenoxy) is 2. The molecular formula is C19H16N4O4. The number of pyridine rings is 2. The van der Waals surface area contributed by atoms with Crippen LogP contribution < -0.4 is 14.8 Å². The van der Waals surface area contributed by atoms with E-state index in [0.717, 1.165) is 0 Å². The molecule has 0 aliphatic carbocycles. The number of amides is 1. The van der Waals surface area contributed by atoms with Crippen LogP contribution in [0.3, 0.4) is 0 Å². The van der Waals surface area contributed by atoms with Crippen LogP contribution in [0.2, 0.25) is 0 Å². The molecule has 2 heterocycles. The van der Waals surface area contributed by atoms with E-state index in [0.29, 0.717) is 22.4 Å². The van der Waals surface area contributed by atoms with Gasteiger partial charge in [0, 0.05) is 23.7 Å². The van der Waals surface area contributed by atoms with E-state index >= 15 is 0 Å². The summed E-state index contributed by atoms with van der Waals surface area (Å²) in [6.07, 6.45) is 1.46. The van der Waals surface area contributed by atoms with Gasteiger partial charge in [0.2, 0.25) is 0 Å². The topological polar surface area (TPSA) is 117 Å². The molecule has 136 valence electrons. The molecule has 1 aromatic carbocycles. The molecule has 0 radical (unpaired) electrons. The molecule has 1 amide bonds. The van der Waals surface area contributed by atoms with Crippen molar-refractivity contribution in [1.29, 1.82) is 5.26 Å². The van der Waals surface area contributed by atoms with Gasteiger partial charge in [0.1, 0.15) is 11.6 Å². The summed E-state index contributed by atoms with van der Waals surface area (Å²) in [6.45, 7) is 0.114. The molecule has 0 fully saturated rings. The Labute approximate surface area is 155 Å². The lowest BCUT2D eigenvalue weighted by molar-refractivity contribution is 0.0943. The maximum absolute atomic E-state index is 12.6. The molecule has 0 bridgehead atoms. The number of aromatic hydroxyl groups is 1. The van der Waals surface area contributed by atoms with Gasteiger partial charge in [0.15, 0.2) is 28.6 Å². The van der Waals surface area contributed by atoms with Gasteiger partial charge in [-0.05, 0) is 18.2 Å². The molecule has 3 aromatic rings. The Bertz CT molecular complexity index is 1060. The molecule has 0 aliphatic heterocycles. The molecule has 0 spiro atoms. The van der Waals surface area contributed by atoms with E-state index in [1.807, 2.05) is 6.07 Å². The highest BCUT2D eigenvalue weighted by atomic mass is 16.5. The number of aromatic nitrogens is 2. The molecule has 8 nitrogen and oxygen atoms in total. The lowest BCUT2D eigenvalue weighted by atomic mass is 10.1. The third-order valence-corrected chi connectivity index (χ3v) is 3.98. The van der Waals surface area contributed by atoms with Crippen molar-refractivity contribution in [3.63, 3.8) is 0 Å². The van der Waals surface area contributed by atoms with Crippen molar-refractivity contribution in [3.05, 3.63) is 53.5 Å². The van der Waals surface area contributed by atoms with Crippen molar-refractivity contribution in [2.24, 2.45) is 0 Å². The molecule has 0 aliphatic rings. The number of benzene rings is 1. The number of hydrogen-bond donors (Lipinski definition) is 2. The van der Waals surface area contributed by atoms with Gasteiger partial charge in [0.05, 0.1) is 14.2 Å². The molecular weight excluding hydrogens is 348 g/mol. The Morgan fingerprint density at radius 3 is 2.78 bits per heavy atom. The first-order valence-electron chi connectivity index (χ1n) is 7.96. The third kappa shape index (κ3) is 3.30. The molecule has 0 unspecified atom stereocenters. The first-order valence-corrected chi connectivity index (χ1v) is 7.96. The number of rotatable bonds is 5. The van der Waals surface area contributed by atoms with Crippen LogP contribution in [0.1, 0.15) is 21.7 Å². The van der Waals surface area contributed by atoms with Gasteiger partial charge in [-0.2, -0.15) is 5.26 Å². The van der Waals surface area contributed by atoms with Crippen molar-refractivity contribution in [2.45, 2.75) is 6.54 Å². The summed E-state index contributed by atoms with van der Waals surface area (Å²) < 4.78 is 10.6. The summed E-state index contributed by atoms with van der Waals surface area (Å²) >= 11 is 0. The predicted octanol–water partition coefficient (Wildman–Crippen LogP) is 2.15. The monoisotopic (exact) mass is 364 g/mol. The van der Waals surface area contributed by atoms with Gasteiger partial charge in [-0.3, -0.25) is 9.78 Å². The maximum Gasteiger partial charge on any atom is 0.274 e. The Hall–Kier alpha value is -3.86. The molecule has 8 heteroatoms. The summed E-state index contributed by atoms with van der Waals surface area (Å²) in [5, 5.41) is 22.7. The van der Waals surface area contributed by atoms with E-state index in [9.17, 15) is 15.2 Å². The van der Waals surface area contributed by atoms with E-state index in [1.54, 1.807) is 30.3 Å². The van der Waals surface area contributed by atoms with E-state index in [1.165, 1.54) is 20.4 Å². The largest absolute Gasteiger partial charge is 0.504 e. The number of nitriles is 1. The highest BCUT2D eigenvalue weighted by Crippen LogP contribution is 2.31. The minimum absolute atomic E-state index is 0.0139. The number of methoxy groups -OCH3 is 2. The van der Waals surface area contributed by atoms with Crippen molar-refractivity contribution in [1.82, 2.24) is 15.3 Å². The SMILES string of the molecule is COc1cccc(CNC(=O)c2nc(C#N)c3cccnc3c2O)c1OC. The van der Waals surface area contributed by atoms with Crippen LogP contribution in [-0.2, 0) is 6.54 Å². The predicted molar refractivity (Wildman–Crippen MR) is 96.6 cm³/mol. The minimum atomic E-state index is -0.638. The second-order valence-electron chi connectivity index (χ2n) is 5.50. The second-order valence-corrected chi connectivity index (χ2v) is 5.50. The smallest absolute Gasteiger partial charge is 0.274 e. The summed E-state index contributed by atoms with van der Waals surface area (Å²) in [5.74, 6) is 0.0170. The van der Waals surface area contributed by atoms with E-state index in [-0.39, 0.29) is 29.2 Å². The third-order valence-electron chi connectivity index (χ3n) is 3.98. The van der Waals surface area contributed by atoms with Crippen LogP contribution in [0.4, 0.5) is 0 Å². The average Bonchev–Trinajstić information content (AvgIpc) is 2.72. The fourth-order valence-corrected chi connectivity index (χ4v) is 2.72. The van der Waals surface area contributed by atoms with Gasteiger partial charge in [-0.15, -0.1) is 0 Å². The van der Waals surface area contributed by atoms with Crippen molar-refractivity contribution in [3.8, 4) is 23.3 Å². The lowest BCUT2D eigenvalue weighted by Gasteiger charge is -2.13. The number of carbonyl (C=O) groups excluding carboxylic acids is 1. The number of hydrogen-bond acceptors (Lipinski definition) is 7. The van der Waals surface area contributed by atoms with Crippen molar-refractivity contribution >= 4 is 16.8 Å². The van der Waals surface area contributed by atoms with Crippen LogP contribution in [-0.4, -0.2) is 35.2 Å². The van der Waals surface area contributed by atoms with Gasteiger partial charge in [-0.1, -0.05) is 12.1 Å². The molecule has 2 N–H and O–H groups in total. The van der Waals surface area contributed by atoms with E-state index in [4.69, 9.17) is 9.47 Å². The first kappa shape index (κ1) is 17.9. The highest BCUT2D eigenvalue weighted by molar-refractivity contribution is 6.01. The number of carbonyl (C=O) groups is 1. The van der Waals surface area contributed by atoms with Crippen LogP contribution in [0, 0.1) is 11.3 Å². The van der Waals surface area contributed by atoms with Crippen LogP contribution in [0.15, 0.2) is 36.5 Å². The summed E-state index contributed by atoms with van der Waals surface area (Å²) in [4.78, 5) is 20.6. The first-order chi connectivity index (χ1) is 13.1. The standard InChI is InChI=1S/C19H16N4O4/c1-26-14-7-3-5-11(18(14)27-2)10-22-19(25)16-17(24)15-12(6-4-8-21-15)13(9-20)23-16/h3-8,24H,10H2,1-2H3,(H,22,25). The fourth-order valence-electron chi connectivity index (χ4n) is 2.72. The zero-order valence-electron chi connectivity index (χ0n) is 14.7. The Morgan fingerprint density at radius 2 is 2.07 bits per heavy atom. The lowest BCUT2D eigenvalue weighted by Crippen LogP contribution is -2.24. The van der Waals surface area contributed by atoms with Crippen LogP contribution >= 0.6 is 0 Å². The minimum Gasteiger partial charge on any atom is -0.504 e. The van der Waals surface area contributed by atoms with Crippen LogP contribution in [0.25, 0.3) is 10.9 Å². The molecule has 27 heavy (non-hydrogen) atoms. The van der Waals surface area contributed by atoms with E-state index < -0.39 is 5.91 Å². The molecule has 0 atom stereocenters. The van der Waals surface area contributed by atoms with Gasteiger partial charge in [0.25, 0.3) is 5.91 Å². The molecule has 0 saturated carbocycles. The molecule has 3 rings (SSSR count). The molecule has 2 aromatic heterocycles. The maximum atomic E-state index is 12.6. The van der Waals surface area contributed by atoms with Gasteiger partial charge >= 0.3 is 0 Å². The van der Waals surface area contributed by atoms with Gasteiger partial charge in [-0.25, -0.2) is 4.98 Å². The number of para-hydroxylation sites is 1. The van der Waals surface area contributed by atoms with Gasteiger partial charge < -0.3 is 19.9 Å². The van der Waals surface area contributed by atoms with Crippen molar-refractivity contribution in [2.75, 3.05) is 14.2 Å². The number of nitrogens with one attached hydrogen (secondary N) is 1. The highest BCUT2D eigenvalue weighted by Gasteiger charge is 2.20. The number of fused-ring (bicyclic) bond motifs is 1. The second kappa shape index (κ2) is 7.58. The fraction of sp³-hybridized carbons (Fsp3) is 0.158. The summed E-state index contributed by atoms with van der Waals surface area (Å²) in [5.41, 5.74) is 0.580. The zero-order valence-corrected chi connectivity index (χ0v) is 14.7. The molecule has 0 saturated heterocycles. The Kier molecular flexibility index (Phi) is 5.04.